The molecule has 2 aliphatic heterocycles. The summed E-state index contributed by atoms with van der Waals surface area (Å²) in [5.41, 5.74) is 1.96. The number of nitrogens with zero attached hydrogens (tertiary/aromatic N) is 1. The van der Waals surface area contributed by atoms with Crippen molar-refractivity contribution < 1.29 is 19.3 Å². The van der Waals surface area contributed by atoms with E-state index in [1.54, 1.807) is 41.3 Å². The van der Waals surface area contributed by atoms with E-state index in [-0.39, 0.29) is 17.6 Å². The van der Waals surface area contributed by atoms with Gasteiger partial charge >= 0.3 is 0 Å². The molecule has 0 bridgehead atoms. The summed E-state index contributed by atoms with van der Waals surface area (Å²) in [6, 6.07) is 11.0. The lowest BCUT2D eigenvalue weighted by Gasteiger charge is -2.30. The van der Waals surface area contributed by atoms with E-state index >= 15 is 0 Å². The van der Waals surface area contributed by atoms with Crippen LogP contribution in [-0.2, 0) is 4.79 Å². The predicted molar refractivity (Wildman–Crippen MR) is 86.9 cm³/mol. The van der Waals surface area contributed by atoms with E-state index in [0.717, 1.165) is 6.54 Å². The normalized spacial score (nSPS) is 20.0. The minimum Gasteiger partial charge on any atom is -0.343 e. The van der Waals surface area contributed by atoms with Crippen LogP contribution < -0.4 is 10.6 Å². The van der Waals surface area contributed by atoms with Gasteiger partial charge in [0.05, 0.1) is 24.3 Å². The molecular weight excluding hydrogens is 309 g/mol. The Hall–Kier alpha value is -2.73. The average Bonchev–Trinajstić information content (AvgIpc) is 2.71. The van der Waals surface area contributed by atoms with Gasteiger partial charge in [-0.1, -0.05) is 24.3 Å². The maximum atomic E-state index is 14.0. The van der Waals surface area contributed by atoms with Crippen LogP contribution >= 0.6 is 0 Å². The molecule has 0 aromatic heterocycles. The van der Waals surface area contributed by atoms with E-state index in [1.807, 2.05) is 5.32 Å². The first-order chi connectivity index (χ1) is 11.6. The summed E-state index contributed by atoms with van der Waals surface area (Å²) in [7, 11) is 0. The summed E-state index contributed by atoms with van der Waals surface area (Å²) in [4.78, 5) is 26.9. The fourth-order valence-electron chi connectivity index (χ4n) is 3.34. The maximum Gasteiger partial charge on any atom is 0.257 e. The molecule has 0 saturated carbocycles. The second-order valence-corrected chi connectivity index (χ2v) is 6.06. The third-order valence-corrected chi connectivity index (χ3v) is 4.60. The molecule has 6 heteroatoms. The minimum atomic E-state index is -0.462. The molecule has 4 rings (SSSR count). The molecule has 2 amide bonds. The summed E-state index contributed by atoms with van der Waals surface area (Å²) in [5.74, 6) is -0.690. The van der Waals surface area contributed by atoms with Crippen molar-refractivity contribution in [3.63, 3.8) is 0 Å². The van der Waals surface area contributed by atoms with Gasteiger partial charge in [0, 0.05) is 5.56 Å². The molecule has 2 aromatic carbocycles. The molecule has 0 spiro atoms. The highest BCUT2D eigenvalue weighted by molar-refractivity contribution is 6.10. The van der Waals surface area contributed by atoms with Crippen LogP contribution in [0.25, 0.3) is 11.1 Å². The molecule has 0 radical (unpaired) electrons. The third-order valence-electron chi connectivity index (χ3n) is 4.60. The van der Waals surface area contributed by atoms with Crippen molar-refractivity contribution in [2.75, 3.05) is 25.0 Å². The number of quaternary nitrogens is 1. The number of hydrogen-bond acceptors (Lipinski definition) is 2. The van der Waals surface area contributed by atoms with Gasteiger partial charge in [-0.3, -0.25) is 9.59 Å². The summed E-state index contributed by atoms with van der Waals surface area (Å²) < 4.78 is 14.0. The number of piperazine rings is 1. The summed E-state index contributed by atoms with van der Waals surface area (Å²) >= 11 is 0. The standard InChI is InChI=1S/C18H16FN3O2/c19-14-4-2-1-3-12(14)11-5-6-15-13(9-11)18(24)22-8-7-20-10-16(22)17(23)21-15/h1-6,9,16,20H,7-8,10H2,(H,21,23)/p+1. The number of anilines is 1. The molecule has 1 saturated heterocycles. The van der Waals surface area contributed by atoms with E-state index in [1.165, 1.54) is 6.07 Å². The van der Waals surface area contributed by atoms with Crippen LogP contribution in [0.3, 0.4) is 0 Å². The lowest BCUT2D eigenvalue weighted by atomic mass is 10.0. The molecule has 2 aliphatic rings. The zero-order chi connectivity index (χ0) is 16.7. The van der Waals surface area contributed by atoms with Crippen LogP contribution in [-0.4, -0.2) is 42.4 Å². The number of carbonyl (C=O) groups excluding carboxylic acids is 2. The quantitative estimate of drug-likeness (QED) is 0.815. The molecular formula is C18H17FN3O2+. The van der Waals surface area contributed by atoms with E-state index in [9.17, 15) is 14.0 Å². The Balaban J connectivity index is 1.81. The topological polar surface area (TPSA) is 66.0 Å². The molecule has 1 atom stereocenters. The van der Waals surface area contributed by atoms with Gasteiger partial charge in [0.25, 0.3) is 11.8 Å². The lowest BCUT2D eigenvalue weighted by Crippen LogP contribution is -2.92. The Morgan fingerprint density at radius 2 is 1.96 bits per heavy atom. The Morgan fingerprint density at radius 3 is 2.79 bits per heavy atom. The number of fused-ring (bicyclic) bond motifs is 2. The van der Waals surface area contributed by atoms with Crippen molar-refractivity contribution >= 4 is 17.5 Å². The van der Waals surface area contributed by atoms with Crippen molar-refractivity contribution in [3.8, 4) is 11.1 Å². The molecule has 5 nitrogen and oxygen atoms in total. The Labute approximate surface area is 138 Å². The van der Waals surface area contributed by atoms with E-state index in [0.29, 0.717) is 35.5 Å². The van der Waals surface area contributed by atoms with Crippen LogP contribution in [0, 0.1) is 5.82 Å². The number of rotatable bonds is 1. The van der Waals surface area contributed by atoms with E-state index < -0.39 is 6.04 Å². The molecule has 1 unspecified atom stereocenters. The molecule has 24 heavy (non-hydrogen) atoms. The van der Waals surface area contributed by atoms with Crippen LogP contribution in [0.1, 0.15) is 10.4 Å². The van der Waals surface area contributed by atoms with Crippen LogP contribution in [0.5, 0.6) is 0 Å². The number of nitrogens with two attached hydrogens (primary N) is 1. The fourth-order valence-corrected chi connectivity index (χ4v) is 3.34. The van der Waals surface area contributed by atoms with Crippen molar-refractivity contribution in [1.29, 1.82) is 0 Å². The number of nitrogens with one attached hydrogen (secondary N) is 1. The second kappa shape index (κ2) is 5.72. The highest BCUT2D eigenvalue weighted by Crippen LogP contribution is 2.30. The molecule has 1 fully saturated rings. The highest BCUT2D eigenvalue weighted by Gasteiger charge is 2.38. The summed E-state index contributed by atoms with van der Waals surface area (Å²) in [5, 5.41) is 4.87. The Bertz CT molecular complexity index is 837. The molecule has 0 aliphatic carbocycles. The van der Waals surface area contributed by atoms with Gasteiger partial charge in [-0.25, -0.2) is 4.39 Å². The smallest absolute Gasteiger partial charge is 0.257 e. The fraction of sp³-hybridized carbons (Fsp3) is 0.222. The second-order valence-electron chi connectivity index (χ2n) is 6.06. The molecule has 2 heterocycles. The minimum absolute atomic E-state index is 0.170. The Kier molecular flexibility index (Phi) is 3.54. The molecule has 122 valence electrons. The van der Waals surface area contributed by atoms with Gasteiger partial charge in [0.1, 0.15) is 12.4 Å². The average molecular weight is 326 g/mol. The number of hydrogen-bond donors (Lipinski definition) is 2. The lowest BCUT2D eigenvalue weighted by molar-refractivity contribution is -0.665. The zero-order valence-electron chi connectivity index (χ0n) is 13.0. The number of benzene rings is 2. The van der Waals surface area contributed by atoms with Gasteiger partial charge in [0.15, 0.2) is 6.04 Å². The Morgan fingerprint density at radius 1 is 1.12 bits per heavy atom. The van der Waals surface area contributed by atoms with Gasteiger partial charge in [-0.05, 0) is 23.8 Å². The maximum absolute atomic E-state index is 14.0. The van der Waals surface area contributed by atoms with Gasteiger partial charge in [-0.2, -0.15) is 0 Å². The third kappa shape index (κ3) is 2.35. The number of halogens is 1. The van der Waals surface area contributed by atoms with Gasteiger partial charge in [-0.15, -0.1) is 0 Å². The van der Waals surface area contributed by atoms with Crippen LogP contribution in [0.2, 0.25) is 0 Å². The largest absolute Gasteiger partial charge is 0.343 e. The van der Waals surface area contributed by atoms with Gasteiger partial charge in [0.2, 0.25) is 0 Å². The number of carbonyl (C=O) groups is 2. The summed E-state index contributed by atoms with van der Waals surface area (Å²) in [6.45, 7) is 1.86. The van der Waals surface area contributed by atoms with Crippen molar-refractivity contribution in [3.05, 3.63) is 53.8 Å². The van der Waals surface area contributed by atoms with Crippen molar-refractivity contribution in [2.45, 2.75) is 6.04 Å². The predicted octanol–water partition coefficient (Wildman–Crippen LogP) is 0.833. The van der Waals surface area contributed by atoms with Crippen LogP contribution in [0.15, 0.2) is 42.5 Å². The molecule has 2 aromatic rings. The van der Waals surface area contributed by atoms with Crippen molar-refractivity contribution in [1.82, 2.24) is 4.90 Å². The summed E-state index contributed by atoms with van der Waals surface area (Å²) in [6.07, 6.45) is 0. The van der Waals surface area contributed by atoms with E-state index in [2.05, 4.69) is 5.32 Å². The molecule has 3 N–H and O–H groups in total. The monoisotopic (exact) mass is 326 g/mol. The first kappa shape index (κ1) is 14.8. The highest BCUT2D eigenvalue weighted by atomic mass is 19.1. The number of amides is 2. The van der Waals surface area contributed by atoms with Gasteiger partial charge < -0.3 is 15.5 Å². The first-order valence-corrected chi connectivity index (χ1v) is 7.97. The zero-order valence-corrected chi connectivity index (χ0v) is 13.0. The van der Waals surface area contributed by atoms with Crippen LogP contribution in [0.4, 0.5) is 10.1 Å². The van der Waals surface area contributed by atoms with E-state index in [4.69, 9.17) is 0 Å². The first-order valence-electron chi connectivity index (χ1n) is 7.97. The van der Waals surface area contributed by atoms with Crippen molar-refractivity contribution in [2.24, 2.45) is 0 Å². The SMILES string of the molecule is O=C1Nc2ccc(-c3ccccc3F)cc2C(=O)N2CC[NH2+]CC12.